The van der Waals surface area contributed by atoms with Crippen molar-refractivity contribution in [1.29, 1.82) is 0 Å². The van der Waals surface area contributed by atoms with Crippen molar-refractivity contribution in [2.24, 2.45) is 0 Å². The smallest absolute Gasteiger partial charge is 0.0132 e. The van der Waals surface area contributed by atoms with Gasteiger partial charge < -0.3 is 0 Å². The molecule has 0 heterocycles. The fraction of sp³-hybridized carbons (Fsp3) is 0.308. The summed E-state index contributed by atoms with van der Waals surface area (Å²) < 4.78 is 0. The van der Waals surface area contributed by atoms with Crippen molar-refractivity contribution in [3.63, 3.8) is 0 Å². The van der Waals surface area contributed by atoms with Gasteiger partial charge in [0.05, 0.1) is 0 Å². The highest BCUT2D eigenvalue weighted by Crippen LogP contribution is 2.33. The molecular formula is C26H30. The van der Waals surface area contributed by atoms with Gasteiger partial charge in [-0.3, -0.25) is 0 Å². The van der Waals surface area contributed by atoms with E-state index in [0.29, 0.717) is 0 Å². The van der Waals surface area contributed by atoms with Gasteiger partial charge >= 0.3 is 0 Å². The average molecular weight is 343 g/mol. The van der Waals surface area contributed by atoms with Crippen LogP contribution in [0.5, 0.6) is 0 Å². The summed E-state index contributed by atoms with van der Waals surface area (Å²) in [5.74, 6) is 0. The van der Waals surface area contributed by atoms with Gasteiger partial charge in [-0.05, 0) is 72.1 Å². The van der Waals surface area contributed by atoms with Gasteiger partial charge in [0.2, 0.25) is 0 Å². The Balaban J connectivity index is 2.05. The highest BCUT2D eigenvalue weighted by molar-refractivity contribution is 5.77. The van der Waals surface area contributed by atoms with Gasteiger partial charge in [-0.1, -0.05) is 86.5 Å². The predicted octanol–water partition coefficient (Wildman–Crippen LogP) is 7.55. The third kappa shape index (κ3) is 3.75. The third-order valence-electron chi connectivity index (χ3n) is 5.17. The van der Waals surface area contributed by atoms with Gasteiger partial charge in [0.15, 0.2) is 0 Å². The maximum atomic E-state index is 2.34. The summed E-state index contributed by atoms with van der Waals surface area (Å²) in [5.41, 5.74) is 12.1. The van der Waals surface area contributed by atoms with Crippen LogP contribution >= 0.6 is 0 Å². The molecule has 0 heteroatoms. The molecule has 0 spiro atoms. The second kappa shape index (κ2) is 6.76. The Morgan fingerprint density at radius 1 is 0.538 bits per heavy atom. The standard InChI is InChI=1S/C26H30/c1-17-12-18(2)14-22(13-17)25-16-19(3)24(15-20(25)4)21-8-10-23(11-9-21)26(5,6)7/h8-16H,1-7H3. The summed E-state index contributed by atoms with van der Waals surface area (Å²) in [6.07, 6.45) is 0. The molecule has 26 heavy (non-hydrogen) atoms. The number of hydrogen-bond acceptors (Lipinski definition) is 0. The van der Waals surface area contributed by atoms with Gasteiger partial charge in [0, 0.05) is 0 Å². The largest absolute Gasteiger partial charge is 0.0579 e. The first kappa shape index (κ1) is 18.5. The minimum Gasteiger partial charge on any atom is -0.0579 e. The van der Waals surface area contributed by atoms with Crippen molar-refractivity contribution in [2.45, 2.75) is 53.9 Å². The minimum atomic E-state index is 0.191. The Bertz CT molecular complexity index is 915. The molecule has 0 atom stereocenters. The maximum absolute atomic E-state index is 2.34. The SMILES string of the molecule is Cc1cc(C)cc(-c2cc(C)c(-c3ccc(C(C)(C)C)cc3)cc2C)c1. The van der Waals surface area contributed by atoms with Crippen molar-refractivity contribution in [3.8, 4) is 22.3 Å². The van der Waals surface area contributed by atoms with E-state index in [2.05, 4.69) is 103 Å². The lowest BCUT2D eigenvalue weighted by Gasteiger charge is -2.20. The first-order valence-electron chi connectivity index (χ1n) is 9.46. The fourth-order valence-electron chi connectivity index (χ4n) is 3.72. The highest BCUT2D eigenvalue weighted by atomic mass is 14.2. The van der Waals surface area contributed by atoms with Crippen LogP contribution in [0.25, 0.3) is 22.3 Å². The molecule has 0 bridgehead atoms. The van der Waals surface area contributed by atoms with Crippen LogP contribution < -0.4 is 0 Å². The van der Waals surface area contributed by atoms with Gasteiger partial charge in [-0.15, -0.1) is 0 Å². The van der Waals surface area contributed by atoms with Crippen molar-refractivity contribution in [1.82, 2.24) is 0 Å². The molecule has 3 aromatic rings. The molecule has 0 aliphatic heterocycles. The Labute approximate surface area is 158 Å². The number of hydrogen-bond donors (Lipinski definition) is 0. The first-order chi connectivity index (χ1) is 12.1. The van der Waals surface area contributed by atoms with Crippen LogP contribution in [0.1, 0.15) is 48.6 Å². The molecule has 134 valence electrons. The first-order valence-corrected chi connectivity index (χ1v) is 9.46. The zero-order chi connectivity index (χ0) is 19.1. The second-order valence-corrected chi connectivity index (χ2v) is 8.69. The van der Waals surface area contributed by atoms with E-state index in [4.69, 9.17) is 0 Å². The quantitative estimate of drug-likeness (QED) is 0.451. The van der Waals surface area contributed by atoms with Crippen LogP contribution in [0.15, 0.2) is 54.6 Å². The molecule has 0 aliphatic rings. The van der Waals surface area contributed by atoms with E-state index in [1.54, 1.807) is 0 Å². The number of aryl methyl sites for hydroxylation is 4. The minimum absolute atomic E-state index is 0.191. The normalized spacial score (nSPS) is 11.7. The Kier molecular flexibility index (Phi) is 4.80. The molecule has 0 nitrogen and oxygen atoms in total. The van der Waals surface area contributed by atoms with Crippen LogP contribution in [0.4, 0.5) is 0 Å². The van der Waals surface area contributed by atoms with E-state index in [9.17, 15) is 0 Å². The van der Waals surface area contributed by atoms with E-state index in [0.717, 1.165) is 0 Å². The molecule has 3 aromatic carbocycles. The van der Waals surface area contributed by atoms with Crippen LogP contribution in [0.3, 0.4) is 0 Å². The molecule has 3 rings (SSSR count). The third-order valence-corrected chi connectivity index (χ3v) is 5.17. The lowest BCUT2D eigenvalue weighted by molar-refractivity contribution is 0.590. The average Bonchev–Trinajstić information content (AvgIpc) is 2.55. The molecule has 0 amide bonds. The van der Waals surface area contributed by atoms with E-state index in [-0.39, 0.29) is 5.41 Å². The van der Waals surface area contributed by atoms with Crippen LogP contribution in [-0.4, -0.2) is 0 Å². The summed E-state index contributed by atoms with van der Waals surface area (Å²) in [5, 5.41) is 0. The predicted molar refractivity (Wildman–Crippen MR) is 115 cm³/mol. The van der Waals surface area contributed by atoms with Crippen molar-refractivity contribution < 1.29 is 0 Å². The van der Waals surface area contributed by atoms with Gasteiger partial charge in [0.25, 0.3) is 0 Å². The molecule has 0 aliphatic carbocycles. The summed E-state index contributed by atoms with van der Waals surface area (Å²) in [7, 11) is 0. The molecule has 0 radical (unpaired) electrons. The lowest BCUT2D eigenvalue weighted by atomic mass is 9.85. The highest BCUT2D eigenvalue weighted by Gasteiger charge is 2.14. The van der Waals surface area contributed by atoms with E-state index in [1.165, 1.54) is 50.1 Å². The molecule has 0 saturated heterocycles. The van der Waals surface area contributed by atoms with Crippen molar-refractivity contribution in [3.05, 3.63) is 82.4 Å². The zero-order valence-electron chi connectivity index (χ0n) is 17.2. The van der Waals surface area contributed by atoms with Gasteiger partial charge in [-0.2, -0.15) is 0 Å². The molecule has 0 unspecified atom stereocenters. The molecule has 0 fully saturated rings. The molecule has 0 N–H and O–H groups in total. The fourth-order valence-corrected chi connectivity index (χ4v) is 3.72. The van der Waals surface area contributed by atoms with Crippen LogP contribution in [0, 0.1) is 27.7 Å². The maximum Gasteiger partial charge on any atom is -0.0132 e. The molecule has 0 aromatic heterocycles. The Morgan fingerprint density at radius 3 is 1.46 bits per heavy atom. The zero-order valence-corrected chi connectivity index (χ0v) is 17.2. The summed E-state index contributed by atoms with van der Waals surface area (Å²) in [6, 6.07) is 20.5. The van der Waals surface area contributed by atoms with Crippen molar-refractivity contribution >= 4 is 0 Å². The van der Waals surface area contributed by atoms with Crippen LogP contribution in [-0.2, 0) is 5.41 Å². The van der Waals surface area contributed by atoms with E-state index in [1.807, 2.05) is 0 Å². The van der Waals surface area contributed by atoms with E-state index >= 15 is 0 Å². The van der Waals surface area contributed by atoms with Crippen molar-refractivity contribution in [2.75, 3.05) is 0 Å². The summed E-state index contributed by atoms with van der Waals surface area (Å²) >= 11 is 0. The van der Waals surface area contributed by atoms with Crippen LogP contribution in [0.2, 0.25) is 0 Å². The Morgan fingerprint density at radius 2 is 1.00 bits per heavy atom. The monoisotopic (exact) mass is 342 g/mol. The molecular weight excluding hydrogens is 312 g/mol. The topological polar surface area (TPSA) is 0 Å². The lowest BCUT2D eigenvalue weighted by Crippen LogP contribution is -2.10. The molecule has 0 saturated carbocycles. The number of rotatable bonds is 2. The Hall–Kier alpha value is -2.34. The summed E-state index contributed by atoms with van der Waals surface area (Å²) in [6.45, 7) is 15.6. The van der Waals surface area contributed by atoms with Gasteiger partial charge in [-0.25, -0.2) is 0 Å². The van der Waals surface area contributed by atoms with E-state index < -0.39 is 0 Å². The second-order valence-electron chi connectivity index (χ2n) is 8.69. The van der Waals surface area contributed by atoms with Gasteiger partial charge in [0.1, 0.15) is 0 Å². The summed E-state index contributed by atoms with van der Waals surface area (Å²) in [4.78, 5) is 0. The number of benzene rings is 3.